The molecule has 1 aromatic rings. The van der Waals surface area contributed by atoms with Gasteiger partial charge in [0, 0.05) is 18.3 Å². The minimum Gasteiger partial charge on any atom is -0.484 e. The zero-order valence-corrected chi connectivity index (χ0v) is 11.2. The summed E-state index contributed by atoms with van der Waals surface area (Å²) in [6.45, 7) is 0.936. The number of ether oxygens (including phenoxy) is 1. The molecule has 1 aromatic carbocycles. The van der Waals surface area contributed by atoms with Crippen molar-refractivity contribution in [2.75, 3.05) is 18.5 Å². The molecule has 0 radical (unpaired) electrons. The third-order valence-corrected chi connectivity index (χ3v) is 3.53. The van der Waals surface area contributed by atoms with Gasteiger partial charge in [-0.15, -0.1) is 0 Å². The van der Waals surface area contributed by atoms with Crippen LogP contribution in [0.25, 0.3) is 0 Å². The van der Waals surface area contributed by atoms with E-state index in [0.29, 0.717) is 5.75 Å². The van der Waals surface area contributed by atoms with Gasteiger partial charge in [-0.05, 0) is 30.9 Å². The van der Waals surface area contributed by atoms with Crippen LogP contribution in [0.4, 0.5) is 5.69 Å². The van der Waals surface area contributed by atoms with Gasteiger partial charge in [0.05, 0.1) is 0 Å². The van der Waals surface area contributed by atoms with Crippen LogP contribution in [-0.2, 0) is 4.79 Å². The molecular formula is C15H22N2O2. The Morgan fingerprint density at radius 3 is 2.84 bits per heavy atom. The summed E-state index contributed by atoms with van der Waals surface area (Å²) in [4.78, 5) is 10.7. The van der Waals surface area contributed by atoms with E-state index in [0.717, 1.165) is 18.2 Å². The summed E-state index contributed by atoms with van der Waals surface area (Å²) in [5.41, 5.74) is 6.09. The van der Waals surface area contributed by atoms with E-state index < -0.39 is 5.91 Å². The topological polar surface area (TPSA) is 64.4 Å². The number of carbonyl (C=O) groups is 1. The van der Waals surface area contributed by atoms with E-state index in [4.69, 9.17) is 10.5 Å². The molecule has 0 atom stereocenters. The summed E-state index contributed by atoms with van der Waals surface area (Å²) in [5.74, 6) is 0.997. The summed E-state index contributed by atoms with van der Waals surface area (Å²) in [6, 6.07) is 7.67. The normalized spacial score (nSPS) is 16.0. The highest BCUT2D eigenvalue weighted by molar-refractivity contribution is 5.75. The largest absolute Gasteiger partial charge is 0.484 e. The van der Waals surface area contributed by atoms with Crippen LogP contribution >= 0.6 is 0 Å². The van der Waals surface area contributed by atoms with Crippen molar-refractivity contribution in [2.24, 2.45) is 11.7 Å². The molecule has 19 heavy (non-hydrogen) atoms. The van der Waals surface area contributed by atoms with E-state index in [2.05, 4.69) is 5.32 Å². The van der Waals surface area contributed by atoms with Gasteiger partial charge in [0.1, 0.15) is 5.75 Å². The standard InChI is InChI=1S/C15H22N2O2/c16-15(18)11-19-14-8-4-7-13(9-14)17-10-12-5-2-1-3-6-12/h4,7-9,12,17H,1-3,5-6,10-11H2,(H2,16,18). The number of primary amides is 1. The predicted octanol–water partition coefficient (Wildman–Crippen LogP) is 2.54. The van der Waals surface area contributed by atoms with Crippen molar-refractivity contribution in [1.29, 1.82) is 0 Å². The Balaban J connectivity index is 1.82. The first-order chi connectivity index (χ1) is 9.24. The molecule has 0 bridgehead atoms. The van der Waals surface area contributed by atoms with Crippen molar-refractivity contribution in [1.82, 2.24) is 0 Å². The number of benzene rings is 1. The van der Waals surface area contributed by atoms with Crippen molar-refractivity contribution in [2.45, 2.75) is 32.1 Å². The summed E-state index contributed by atoms with van der Waals surface area (Å²) >= 11 is 0. The van der Waals surface area contributed by atoms with Crippen LogP contribution in [0.5, 0.6) is 5.75 Å². The first-order valence-electron chi connectivity index (χ1n) is 6.99. The molecule has 104 valence electrons. The van der Waals surface area contributed by atoms with Gasteiger partial charge >= 0.3 is 0 Å². The highest BCUT2D eigenvalue weighted by atomic mass is 16.5. The van der Waals surface area contributed by atoms with Crippen molar-refractivity contribution >= 4 is 11.6 Å². The highest BCUT2D eigenvalue weighted by Gasteiger charge is 2.12. The number of rotatable bonds is 6. The smallest absolute Gasteiger partial charge is 0.255 e. The van der Waals surface area contributed by atoms with Crippen LogP contribution in [0.3, 0.4) is 0 Å². The van der Waals surface area contributed by atoms with Crippen LogP contribution < -0.4 is 15.8 Å². The predicted molar refractivity (Wildman–Crippen MR) is 76.2 cm³/mol. The van der Waals surface area contributed by atoms with Crippen LogP contribution in [0.1, 0.15) is 32.1 Å². The summed E-state index contributed by atoms with van der Waals surface area (Å²) in [6.07, 6.45) is 6.74. The molecule has 2 rings (SSSR count). The molecule has 1 saturated carbocycles. The third kappa shape index (κ3) is 4.81. The van der Waals surface area contributed by atoms with Gasteiger partial charge in [0.25, 0.3) is 5.91 Å². The Hall–Kier alpha value is -1.71. The molecular weight excluding hydrogens is 240 g/mol. The molecule has 4 nitrogen and oxygen atoms in total. The van der Waals surface area contributed by atoms with E-state index in [9.17, 15) is 4.79 Å². The molecule has 1 amide bonds. The van der Waals surface area contributed by atoms with Crippen LogP contribution in [-0.4, -0.2) is 19.1 Å². The van der Waals surface area contributed by atoms with E-state index in [1.54, 1.807) is 0 Å². The van der Waals surface area contributed by atoms with Crippen LogP contribution in [0, 0.1) is 5.92 Å². The summed E-state index contributed by atoms with van der Waals surface area (Å²) < 4.78 is 5.29. The molecule has 4 heteroatoms. The summed E-state index contributed by atoms with van der Waals surface area (Å²) in [7, 11) is 0. The van der Waals surface area contributed by atoms with E-state index >= 15 is 0 Å². The quantitative estimate of drug-likeness (QED) is 0.828. The molecule has 0 saturated heterocycles. The molecule has 1 aliphatic rings. The molecule has 0 heterocycles. The van der Waals surface area contributed by atoms with Gasteiger partial charge in [-0.2, -0.15) is 0 Å². The van der Waals surface area contributed by atoms with Crippen molar-refractivity contribution in [3.05, 3.63) is 24.3 Å². The van der Waals surface area contributed by atoms with Crippen LogP contribution in [0.2, 0.25) is 0 Å². The minimum atomic E-state index is -0.458. The molecule has 3 N–H and O–H groups in total. The Labute approximate surface area is 114 Å². The number of hydrogen-bond acceptors (Lipinski definition) is 3. The maximum atomic E-state index is 10.7. The zero-order valence-electron chi connectivity index (χ0n) is 11.2. The molecule has 0 aromatic heterocycles. The average Bonchev–Trinajstić information content (AvgIpc) is 2.44. The number of nitrogens with one attached hydrogen (secondary N) is 1. The van der Waals surface area contributed by atoms with Crippen molar-refractivity contribution in [3.8, 4) is 5.75 Å². The second kappa shape index (κ2) is 7.02. The van der Waals surface area contributed by atoms with Gasteiger partial charge in [0.15, 0.2) is 6.61 Å². The van der Waals surface area contributed by atoms with E-state index in [1.807, 2.05) is 24.3 Å². The first-order valence-corrected chi connectivity index (χ1v) is 6.99. The van der Waals surface area contributed by atoms with Gasteiger partial charge in [-0.25, -0.2) is 0 Å². The number of carbonyl (C=O) groups excluding carboxylic acids is 1. The minimum absolute atomic E-state index is 0.0773. The zero-order chi connectivity index (χ0) is 13.5. The second-order valence-electron chi connectivity index (χ2n) is 5.17. The SMILES string of the molecule is NC(=O)COc1cccc(NCC2CCCCC2)c1. The second-order valence-corrected chi connectivity index (χ2v) is 5.17. The van der Waals surface area contributed by atoms with Crippen molar-refractivity contribution in [3.63, 3.8) is 0 Å². The third-order valence-electron chi connectivity index (χ3n) is 3.53. The lowest BCUT2D eigenvalue weighted by atomic mass is 9.89. The van der Waals surface area contributed by atoms with E-state index in [1.165, 1.54) is 32.1 Å². The van der Waals surface area contributed by atoms with Gasteiger partial charge in [0.2, 0.25) is 0 Å². The van der Waals surface area contributed by atoms with Crippen molar-refractivity contribution < 1.29 is 9.53 Å². The monoisotopic (exact) mass is 262 g/mol. The lowest BCUT2D eigenvalue weighted by molar-refractivity contribution is -0.119. The Morgan fingerprint density at radius 1 is 1.32 bits per heavy atom. The molecule has 1 aliphatic carbocycles. The van der Waals surface area contributed by atoms with Gasteiger partial charge in [-0.3, -0.25) is 4.79 Å². The molecule has 0 spiro atoms. The lowest BCUT2D eigenvalue weighted by Gasteiger charge is -2.22. The number of anilines is 1. The van der Waals surface area contributed by atoms with Gasteiger partial charge < -0.3 is 15.8 Å². The average molecular weight is 262 g/mol. The fraction of sp³-hybridized carbons (Fsp3) is 0.533. The fourth-order valence-corrected chi connectivity index (χ4v) is 2.50. The lowest BCUT2D eigenvalue weighted by Crippen LogP contribution is -2.20. The maximum absolute atomic E-state index is 10.7. The van der Waals surface area contributed by atoms with Crippen LogP contribution in [0.15, 0.2) is 24.3 Å². The molecule has 0 aliphatic heterocycles. The Morgan fingerprint density at radius 2 is 2.11 bits per heavy atom. The molecule has 1 fully saturated rings. The number of hydrogen-bond donors (Lipinski definition) is 2. The fourth-order valence-electron chi connectivity index (χ4n) is 2.50. The summed E-state index contributed by atoms with van der Waals surface area (Å²) in [5, 5.41) is 3.45. The molecule has 0 unspecified atom stereocenters. The maximum Gasteiger partial charge on any atom is 0.255 e. The first kappa shape index (κ1) is 13.7. The van der Waals surface area contributed by atoms with E-state index in [-0.39, 0.29) is 6.61 Å². The number of amides is 1. The van der Waals surface area contributed by atoms with Gasteiger partial charge in [-0.1, -0.05) is 25.3 Å². The number of nitrogens with two attached hydrogens (primary N) is 1. The Kier molecular flexibility index (Phi) is 5.07. The highest BCUT2D eigenvalue weighted by Crippen LogP contribution is 2.24. The Bertz CT molecular complexity index is 414.